The third-order valence-electron chi connectivity index (χ3n) is 1.50. The average molecular weight is 163 g/mol. The monoisotopic (exact) mass is 163 g/mol. The predicted octanol–water partition coefficient (Wildman–Crippen LogP) is 2.93. The molecule has 2 heteroatoms. The minimum Gasteiger partial charge on any atom is -0.198 e. The first-order valence-corrected chi connectivity index (χ1v) is 4.29. The van der Waals surface area contributed by atoms with E-state index in [1.165, 1.54) is 4.88 Å². The molecule has 1 atom stereocenters. The zero-order valence-electron chi connectivity index (χ0n) is 6.16. The van der Waals surface area contributed by atoms with Gasteiger partial charge in [-0.3, -0.25) is 0 Å². The summed E-state index contributed by atoms with van der Waals surface area (Å²) in [4.78, 5) is 1.22. The van der Waals surface area contributed by atoms with E-state index in [9.17, 15) is 0 Å². The lowest BCUT2D eigenvalue weighted by atomic mass is 10.1. The molecule has 0 aliphatic carbocycles. The molecule has 1 rings (SSSR count). The molecule has 11 heavy (non-hydrogen) atoms. The van der Waals surface area contributed by atoms with Crippen molar-refractivity contribution in [2.45, 2.75) is 12.3 Å². The second-order valence-electron chi connectivity index (χ2n) is 2.22. The van der Waals surface area contributed by atoms with E-state index in [0.717, 1.165) is 0 Å². The Balaban J connectivity index is 2.72. The van der Waals surface area contributed by atoms with Gasteiger partial charge in [-0.2, -0.15) is 5.26 Å². The van der Waals surface area contributed by atoms with E-state index in [-0.39, 0.29) is 5.92 Å². The highest BCUT2D eigenvalue weighted by atomic mass is 32.1. The summed E-state index contributed by atoms with van der Waals surface area (Å²) in [7, 11) is 0. The van der Waals surface area contributed by atoms with Crippen molar-refractivity contribution < 1.29 is 0 Å². The number of hydrogen-bond acceptors (Lipinski definition) is 2. The van der Waals surface area contributed by atoms with Crippen molar-refractivity contribution in [1.29, 1.82) is 5.26 Å². The van der Waals surface area contributed by atoms with Crippen LogP contribution in [0.1, 0.15) is 17.2 Å². The van der Waals surface area contributed by atoms with Gasteiger partial charge in [0, 0.05) is 17.2 Å². The van der Waals surface area contributed by atoms with Gasteiger partial charge in [0.05, 0.1) is 6.07 Å². The molecule has 0 aliphatic heterocycles. The molecule has 1 heterocycles. The van der Waals surface area contributed by atoms with E-state index in [2.05, 4.69) is 12.6 Å². The normalized spacial score (nSPS) is 11.9. The van der Waals surface area contributed by atoms with Crippen LogP contribution in [0.4, 0.5) is 0 Å². The van der Waals surface area contributed by atoms with Crippen LogP contribution in [0.25, 0.3) is 0 Å². The fraction of sp³-hybridized carbons (Fsp3) is 0.222. The molecule has 0 aliphatic rings. The minimum atomic E-state index is 0.222. The van der Waals surface area contributed by atoms with Crippen molar-refractivity contribution in [3.8, 4) is 6.07 Å². The number of nitrogens with zero attached hydrogens (tertiary/aromatic N) is 1. The van der Waals surface area contributed by atoms with Crippen LogP contribution in [0.2, 0.25) is 0 Å². The van der Waals surface area contributed by atoms with Crippen LogP contribution in [0.15, 0.2) is 30.2 Å². The lowest BCUT2D eigenvalue weighted by Gasteiger charge is -2.02. The van der Waals surface area contributed by atoms with E-state index >= 15 is 0 Å². The molecule has 0 saturated carbocycles. The molecule has 1 nitrogen and oxygen atoms in total. The molecule has 0 N–H and O–H groups in total. The fourth-order valence-electron chi connectivity index (χ4n) is 0.901. The number of allylic oxidation sites excluding steroid dienone is 1. The number of hydrogen-bond donors (Lipinski definition) is 0. The summed E-state index contributed by atoms with van der Waals surface area (Å²) in [6.07, 6.45) is 2.36. The van der Waals surface area contributed by atoms with Crippen LogP contribution >= 0.6 is 11.3 Å². The molecule has 1 aromatic heterocycles. The highest BCUT2D eigenvalue weighted by Crippen LogP contribution is 2.24. The Kier molecular flexibility index (Phi) is 2.88. The standard InChI is InChI=1S/C9H9NS/c1-2-8(5-6-10)9-4-3-7-11-9/h2-4,7-8H,1,5H2. The van der Waals surface area contributed by atoms with E-state index in [1.807, 2.05) is 23.6 Å². The zero-order valence-corrected chi connectivity index (χ0v) is 6.97. The molecule has 0 amide bonds. The van der Waals surface area contributed by atoms with Crippen molar-refractivity contribution >= 4 is 11.3 Å². The minimum absolute atomic E-state index is 0.222. The predicted molar refractivity (Wildman–Crippen MR) is 47.5 cm³/mol. The second-order valence-corrected chi connectivity index (χ2v) is 3.20. The molecular weight excluding hydrogens is 154 g/mol. The topological polar surface area (TPSA) is 23.8 Å². The molecule has 0 aromatic carbocycles. The van der Waals surface area contributed by atoms with Gasteiger partial charge >= 0.3 is 0 Å². The molecule has 1 unspecified atom stereocenters. The maximum atomic E-state index is 8.47. The van der Waals surface area contributed by atoms with Crippen LogP contribution in [-0.2, 0) is 0 Å². The van der Waals surface area contributed by atoms with Gasteiger partial charge < -0.3 is 0 Å². The van der Waals surface area contributed by atoms with Crippen molar-refractivity contribution in [2.24, 2.45) is 0 Å². The van der Waals surface area contributed by atoms with Crippen LogP contribution in [0.5, 0.6) is 0 Å². The van der Waals surface area contributed by atoms with Gasteiger partial charge in [0.15, 0.2) is 0 Å². The Labute approximate surface area is 70.6 Å². The molecular formula is C9H9NS. The van der Waals surface area contributed by atoms with Crippen molar-refractivity contribution in [3.05, 3.63) is 35.0 Å². The first-order valence-electron chi connectivity index (χ1n) is 3.41. The SMILES string of the molecule is C=CC(CC#N)c1cccs1. The molecule has 0 bridgehead atoms. The Morgan fingerprint density at radius 3 is 3.09 bits per heavy atom. The molecule has 0 saturated heterocycles. The first kappa shape index (κ1) is 8.03. The van der Waals surface area contributed by atoms with Crippen molar-refractivity contribution in [2.75, 3.05) is 0 Å². The zero-order chi connectivity index (χ0) is 8.10. The number of nitriles is 1. The Hall–Kier alpha value is -1.07. The Morgan fingerprint density at radius 1 is 1.82 bits per heavy atom. The molecule has 56 valence electrons. The fourth-order valence-corrected chi connectivity index (χ4v) is 1.73. The van der Waals surface area contributed by atoms with Crippen LogP contribution < -0.4 is 0 Å². The lowest BCUT2D eigenvalue weighted by Crippen LogP contribution is -1.88. The molecule has 0 fully saturated rings. The lowest BCUT2D eigenvalue weighted by molar-refractivity contribution is 0.896. The first-order chi connectivity index (χ1) is 5.38. The van der Waals surface area contributed by atoms with Crippen molar-refractivity contribution in [3.63, 3.8) is 0 Å². The van der Waals surface area contributed by atoms with Gasteiger partial charge in [0.25, 0.3) is 0 Å². The van der Waals surface area contributed by atoms with Gasteiger partial charge in [-0.25, -0.2) is 0 Å². The maximum absolute atomic E-state index is 8.47. The Bertz CT molecular complexity index is 256. The smallest absolute Gasteiger partial charge is 0.0631 e. The largest absolute Gasteiger partial charge is 0.198 e. The quantitative estimate of drug-likeness (QED) is 0.628. The maximum Gasteiger partial charge on any atom is 0.0631 e. The van der Waals surface area contributed by atoms with E-state index in [0.29, 0.717) is 6.42 Å². The van der Waals surface area contributed by atoms with E-state index in [4.69, 9.17) is 5.26 Å². The van der Waals surface area contributed by atoms with Crippen LogP contribution in [0, 0.1) is 11.3 Å². The summed E-state index contributed by atoms with van der Waals surface area (Å²) < 4.78 is 0. The number of rotatable bonds is 3. The summed E-state index contributed by atoms with van der Waals surface area (Å²) in [5.74, 6) is 0.222. The highest BCUT2D eigenvalue weighted by molar-refractivity contribution is 7.10. The third kappa shape index (κ3) is 1.92. The molecule has 0 radical (unpaired) electrons. The van der Waals surface area contributed by atoms with Gasteiger partial charge in [0.2, 0.25) is 0 Å². The van der Waals surface area contributed by atoms with Gasteiger partial charge in [-0.15, -0.1) is 17.9 Å². The van der Waals surface area contributed by atoms with E-state index in [1.54, 1.807) is 11.3 Å². The summed E-state index contributed by atoms with van der Waals surface area (Å²) >= 11 is 1.67. The second kappa shape index (κ2) is 3.95. The molecule has 0 spiro atoms. The van der Waals surface area contributed by atoms with E-state index < -0.39 is 0 Å². The van der Waals surface area contributed by atoms with Crippen LogP contribution in [-0.4, -0.2) is 0 Å². The summed E-state index contributed by atoms with van der Waals surface area (Å²) in [6.45, 7) is 3.69. The van der Waals surface area contributed by atoms with Gasteiger partial charge in [-0.05, 0) is 11.4 Å². The highest BCUT2D eigenvalue weighted by Gasteiger charge is 2.06. The Morgan fingerprint density at radius 2 is 2.64 bits per heavy atom. The van der Waals surface area contributed by atoms with Crippen molar-refractivity contribution in [1.82, 2.24) is 0 Å². The van der Waals surface area contributed by atoms with Crippen LogP contribution in [0.3, 0.4) is 0 Å². The summed E-state index contributed by atoms with van der Waals surface area (Å²) in [5, 5.41) is 10.5. The molecule has 1 aromatic rings. The average Bonchev–Trinajstić information content (AvgIpc) is 2.52. The summed E-state index contributed by atoms with van der Waals surface area (Å²) in [6, 6.07) is 6.17. The summed E-state index contributed by atoms with van der Waals surface area (Å²) in [5.41, 5.74) is 0. The number of thiophene rings is 1. The van der Waals surface area contributed by atoms with Gasteiger partial charge in [0.1, 0.15) is 0 Å². The van der Waals surface area contributed by atoms with Gasteiger partial charge in [-0.1, -0.05) is 12.1 Å². The third-order valence-corrected chi connectivity index (χ3v) is 2.51.